The van der Waals surface area contributed by atoms with E-state index >= 15 is 0 Å². The van der Waals surface area contributed by atoms with Gasteiger partial charge in [-0.2, -0.15) is 0 Å². The molecule has 0 radical (unpaired) electrons. The first-order valence-corrected chi connectivity index (χ1v) is 9.54. The Balaban J connectivity index is 2.11. The zero-order valence-electron chi connectivity index (χ0n) is 13.8. The molecule has 0 aliphatic carbocycles. The zero-order valence-corrected chi connectivity index (χ0v) is 16.0. The number of hydrogen-bond acceptors (Lipinski definition) is 1. The summed E-state index contributed by atoms with van der Waals surface area (Å²) in [6.07, 6.45) is 4.48. The van der Waals surface area contributed by atoms with Crippen molar-refractivity contribution in [1.82, 2.24) is 0 Å². The molecule has 0 saturated carbocycles. The lowest BCUT2D eigenvalue weighted by Gasteiger charge is -2.29. The van der Waals surface area contributed by atoms with Gasteiger partial charge in [-0.05, 0) is 47.4 Å². The first-order chi connectivity index (χ1) is 11.2. The van der Waals surface area contributed by atoms with Crippen LogP contribution in [0, 0.1) is 0 Å². The molecule has 0 amide bonds. The molecule has 1 heterocycles. The Hall–Kier alpha value is -1.29. The van der Waals surface area contributed by atoms with Crippen LogP contribution in [0.25, 0.3) is 9.34 Å². The third kappa shape index (κ3) is 3.06. The molecule has 120 valence electrons. The summed E-state index contributed by atoms with van der Waals surface area (Å²) in [6, 6.07) is 19.2. The smallest absolute Gasteiger partial charge is 0.142 e. The monoisotopic (exact) mass is 418 g/mol. The highest BCUT2D eigenvalue weighted by atomic mass is 127. The van der Waals surface area contributed by atoms with Gasteiger partial charge < -0.3 is 4.74 Å². The zero-order chi connectivity index (χ0) is 16.3. The molecule has 1 nitrogen and oxygen atoms in total. The summed E-state index contributed by atoms with van der Waals surface area (Å²) in [5, 5.41) is 0. The summed E-state index contributed by atoms with van der Waals surface area (Å²) in [6.45, 7) is 4.49. The number of halogens is 1. The molecule has 0 spiro atoms. The van der Waals surface area contributed by atoms with E-state index in [1.54, 1.807) is 0 Å². The fraction of sp³-hybridized carbons (Fsp3) is 0.333. The van der Waals surface area contributed by atoms with Crippen LogP contribution in [-0.4, -0.2) is 0 Å². The predicted octanol–water partition coefficient (Wildman–Crippen LogP) is 6.77. The minimum absolute atomic E-state index is 0.160. The van der Waals surface area contributed by atoms with E-state index in [-0.39, 0.29) is 5.60 Å². The Bertz CT molecular complexity index is 705. The van der Waals surface area contributed by atoms with Crippen molar-refractivity contribution in [2.24, 2.45) is 0 Å². The number of rotatable bonds is 5. The van der Waals surface area contributed by atoms with E-state index in [2.05, 4.69) is 91.0 Å². The van der Waals surface area contributed by atoms with E-state index in [1.807, 2.05) is 0 Å². The van der Waals surface area contributed by atoms with Crippen LogP contribution >= 0.6 is 22.6 Å². The third-order valence-corrected chi connectivity index (χ3v) is 5.80. The van der Waals surface area contributed by atoms with Gasteiger partial charge >= 0.3 is 0 Å². The highest BCUT2D eigenvalue weighted by Crippen LogP contribution is 2.51. The molecule has 3 rings (SSSR count). The molecule has 1 aliphatic rings. The van der Waals surface area contributed by atoms with E-state index < -0.39 is 0 Å². The van der Waals surface area contributed by atoms with Crippen molar-refractivity contribution in [2.75, 3.05) is 0 Å². The fourth-order valence-corrected chi connectivity index (χ4v) is 4.11. The maximum atomic E-state index is 6.66. The standard InChI is InChI=1S/C21H23IO/c1-3-5-15-21(4-2)18-14-10-9-13-17(18)20(23-21)19(22)16-11-7-6-8-12-16/h6-14H,3-5,15H2,1-2H3/b20-19-. The molecule has 0 aromatic heterocycles. The van der Waals surface area contributed by atoms with Crippen LogP contribution in [0.5, 0.6) is 0 Å². The highest BCUT2D eigenvalue weighted by molar-refractivity contribution is 14.1. The molecule has 0 saturated heterocycles. The maximum Gasteiger partial charge on any atom is 0.142 e. The van der Waals surface area contributed by atoms with E-state index in [0.29, 0.717) is 0 Å². The normalized spacial score (nSPS) is 21.7. The number of ether oxygens (including phenoxy) is 1. The van der Waals surface area contributed by atoms with Crippen LogP contribution in [0.4, 0.5) is 0 Å². The minimum Gasteiger partial charge on any atom is -0.481 e. The van der Waals surface area contributed by atoms with Crippen LogP contribution in [0.3, 0.4) is 0 Å². The minimum atomic E-state index is -0.160. The van der Waals surface area contributed by atoms with E-state index in [1.165, 1.54) is 33.1 Å². The van der Waals surface area contributed by atoms with E-state index in [9.17, 15) is 0 Å². The van der Waals surface area contributed by atoms with Crippen molar-refractivity contribution in [2.45, 2.75) is 45.1 Å². The molecule has 1 atom stereocenters. The quantitative estimate of drug-likeness (QED) is 0.487. The first kappa shape index (κ1) is 16.6. The van der Waals surface area contributed by atoms with Gasteiger partial charge in [0, 0.05) is 11.1 Å². The third-order valence-electron chi connectivity index (χ3n) is 4.69. The van der Waals surface area contributed by atoms with Gasteiger partial charge in [0.25, 0.3) is 0 Å². The Morgan fingerprint density at radius 1 is 1.00 bits per heavy atom. The average Bonchev–Trinajstić information content (AvgIpc) is 2.95. The molecule has 1 aliphatic heterocycles. The van der Waals surface area contributed by atoms with Gasteiger partial charge in [0.1, 0.15) is 11.4 Å². The SMILES string of the molecule is CCCCC1(CC)O/C(=C(\I)c2ccccc2)c2ccccc21. The molecule has 2 aromatic carbocycles. The van der Waals surface area contributed by atoms with Gasteiger partial charge in [-0.1, -0.05) is 74.9 Å². The first-order valence-electron chi connectivity index (χ1n) is 8.46. The Morgan fingerprint density at radius 2 is 1.70 bits per heavy atom. The van der Waals surface area contributed by atoms with Gasteiger partial charge in [-0.15, -0.1) is 0 Å². The van der Waals surface area contributed by atoms with Gasteiger partial charge in [-0.3, -0.25) is 0 Å². The molecular formula is C21H23IO. The molecule has 2 heteroatoms. The number of fused-ring (bicyclic) bond motifs is 1. The van der Waals surface area contributed by atoms with Crippen LogP contribution < -0.4 is 0 Å². The number of unbranched alkanes of at least 4 members (excludes halogenated alkanes) is 1. The largest absolute Gasteiger partial charge is 0.481 e. The molecule has 1 unspecified atom stereocenters. The Morgan fingerprint density at radius 3 is 2.39 bits per heavy atom. The lowest BCUT2D eigenvalue weighted by atomic mass is 9.85. The van der Waals surface area contributed by atoms with Gasteiger partial charge in [0.05, 0.1) is 3.58 Å². The van der Waals surface area contributed by atoms with E-state index in [0.717, 1.165) is 18.6 Å². The van der Waals surface area contributed by atoms with Gasteiger partial charge in [-0.25, -0.2) is 0 Å². The molecule has 2 aromatic rings. The summed E-state index contributed by atoms with van der Waals surface area (Å²) in [4.78, 5) is 0. The van der Waals surface area contributed by atoms with Crippen molar-refractivity contribution < 1.29 is 4.74 Å². The molecule has 0 fully saturated rings. The maximum absolute atomic E-state index is 6.66. The van der Waals surface area contributed by atoms with Crippen LogP contribution in [0.2, 0.25) is 0 Å². The Labute approximate surface area is 152 Å². The summed E-state index contributed by atoms with van der Waals surface area (Å²) in [5.41, 5.74) is 3.68. The summed E-state index contributed by atoms with van der Waals surface area (Å²) >= 11 is 2.43. The van der Waals surface area contributed by atoms with Gasteiger partial charge in [0.2, 0.25) is 0 Å². The molecule has 23 heavy (non-hydrogen) atoms. The van der Waals surface area contributed by atoms with Crippen LogP contribution in [0.1, 0.15) is 56.2 Å². The van der Waals surface area contributed by atoms with Crippen LogP contribution in [0.15, 0.2) is 54.6 Å². The Kier molecular flexibility index (Phi) is 5.10. The second kappa shape index (κ2) is 7.08. The van der Waals surface area contributed by atoms with Crippen molar-refractivity contribution in [3.05, 3.63) is 71.3 Å². The average molecular weight is 418 g/mol. The van der Waals surface area contributed by atoms with Crippen molar-refractivity contribution in [3.8, 4) is 0 Å². The lowest BCUT2D eigenvalue weighted by molar-refractivity contribution is 0.0369. The lowest BCUT2D eigenvalue weighted by Crippen LogP contribution is -2.24. The summed E-state index contributed by atoms with van der Waals surface area (Å²) in [5.74, 6) is 1.05. The fourth-order valence-electron chi connectivity index (χ4n) is 3.35. The van der Waals surface area contributed by atoms with Crippen molar-refractivity contribution in [3.63, 3.8) is 0 Å². The molecular weight excluding hydrogens is 395 g/mol. The van der Waals surface area contributed by atoms with Crippen molar-refractivity contribution in [1.29, 1.82) is 0 Å². The summed E-state index contributed by atoms with van der Waals surface area (Å²) < 4.78 is 7.86. The van der Waals surface area contributed by atoms with Crippen LogP contribution in [-0.2, 0) is 10.3 Å². The second-order valence-corrected chi connectivity index (χ2v) is 7.19. The molecule has 0 bridgehead atoms. The second-order valence-electron chi connectivity index (χ2n) is 6.11. The summed E-state index contributed by atoms with van der Waals surface area (Å²) in [7, 11) is 0. The predicted molar refractivity (Wildman–Crippen MR) is 106 cm³/mol. The molecule has 0 N–H and O–H groups in total. The highest BCUT2D eigenvalue weighted by Gasteiger charge is 2.42. The number of hydrogen-bond donors (Lipinski definition) is 0. The van der Waals surface area contributed by atoms with Gasteiger partial charge in [0.15, 0.2) is 0 Å². The number of benzene rings is 2. The van der Waals surface area contributed by atoms with E-state index in [4.69, 9.17) is 4.74 Å². The van der Waals surface area contributed by atoms with Crippen molar-refractivity contribution >= 4 is 31.9 Å². The topological polar surface area (TPSA) is 9.23 Å².